The first-order valence-corrected chi connectivity index (χ1v) is 7.44. The van der Waals surface area contributed by atoms with E-state index < -0.39 is 0 Å². The number of halogens is 2. The van der Waals surface area contributed by atoms with Gasteiger partial charge in [-0.3, -0.25) is 11.3 Å². The Balaban J connectivity index is 2.05. The number of rotatable bonds is 4. The summed E-state index contributed by atoms with van der Waals surface area (Å²) in [5.41, 5.74) is 4.55. The predicted molar refractivity (Wildman–Crippen MR) is 81.5 cm³/mol. The molecular weight excluding hydrogens is 319 g/mol. The van der Waals surface area contributed by atoms with Crippen LogP contribution in [0.4, 0.5) is 4.39 Å². The minimum absolute atomic E-state index is 0.0996. The van der Waals surface area contributed by atoms with E-state index in [-0.39, 0.29) is 17.3 Å². The number of hydrogen-bond donors (Lipinski definition) is 2. The second-order valence-electron chi connectivity index (χ2n) is 5.26. The average Bonchev–Trinajstić information content (AvgIpc) is 3.27. The zero-order valence-electron chi connectivity index (χ0n) is 10.9. The van der Waals surface area contributed by atoms with Crippen LogP contribution in [-0.2, 0) is 5.41 Å². The molecule has 2 aromatic rings. The van der Waals surface area contributed by atoms with E-state index in [9.17, 15) is 4.39 Å². The van der Waals surface area contributed by atoms with Crippen molar-refractivity contribution in [1.82, 2.24) is 5.43 Å². The first-order chi connectivity index (χ1) is 9.69. The molecule has 2 aromatic carbocycles. The van der Waals surface area contributed by atoms with Gasteiger partial charge in [0.15, 0.2) is 0 Å². The minimum Gasteiger partial charge on any atom is -0.271 e. The summed E-state index contributed by atoms with van der Waals surface area (Å²) in [5.74, 6) is 5.52. The van der Waals surface area contributed by atoms with E-state index in [1.165, 1.54) is 5.56 Å². The fourth-order valence-corrected chi connectivity index (χ4v) is 3.32. The highest BCUT2D eigenvalue weighted by molar-refractivity contribution is 9.10. The van der Waals surface area contributed by atoms with Crippen molar-refractivity contribution in [3.8, 4) is 0 Å². The second-order valence-corrected chi connectivity index (χ2v) is 6.12. The number of benzene rings is 2. The number of hydrogen-bond acceptors (Lipinski definition) is 2. The van der Waals surface area contributed by atoms with E-state index in [1.807, 2.05) is 24.3 Å². The SMILES string of the molecule is NNC(c1cccc(Br)c1F)C1(c2ccccc2)CC1. The molecular formula is C16H16BrFN2. The Morgan fingerprint density at radius 2 is 1.80 bits per heavy atom. The quantitative estimate of drug-likeness (QED) is 0.658. The molecule has 0 aliphatic heterocycles. The molecule has 3 N–H and O–H groups in total. The Morgan fingerprint density at radius 3 is 2.40 bits per heavy atom. The van der Waals surface area contributed by atoms with Crippen molar-refractivity contribution in [1.29, 1.82) is 0 Å². The Hall–Kier alpha value is -1.23. The van der Waals surface area contributed by atoms with Crippen LogP contribution < -0.4 is 11.3 Å². The van der Waals surface area contributed by atoms with Crippen molar-refractivity contribution in [2.45, 2.75) is 24.3 Å². The highest BCUT2D eigenvalue weighted by Crippen LogP contribution is 2.56. The smallest absolute Gasteiger partial charge is 0.142 e. The largest absolute Gasteiger partial charge is 0.271 e. The molecule has 1 atom stereocenters. The maximum absolute atomic E-state index is 14.4. The standard InChI is InChI=1S/C16H16BrFN2/c17-13-8-4-7-12(14(13)18)15(20-19)16(9-10-16)11-5-2-1-3-6-11/h1-8,15,20H,9-10,19H2. The molecule has 1 aliphatic carbocycles. The molecule has 1 unspecified atom stereocenters. The van der Waals surface area contributed by atoms with Crippen LogP contribution in [0.1, 0.15) is 30.0 Å². The number of hydrazine groups is 1. The molecule has 0 heterocycles. The maximum atomic E-state index is 14.4. The lowest BCUT2D eigenvalue weighted by molar-refractivity contribution is 0.420. The highest BCUT2D eigenvalue weighted by atomic mass is 79.9. The van der Waals surface area contributed by atoms with Crippen LogP contribution in [0.15, 0.2) is 53.0 Å². The van der Waals surface area contributed by atoms with Crippen LogP contribution >= 0.6 is 15.9 Å². The lowest BCUT2D eigenvalue weighted by Gasteiger charge is -2.28. The topological polar surface area (TPSA) is 38.0 Å². The van der Waals surface area contributed by atoms with Gasteiger partial charge >= 0.3 is 0 Å². The van der Waals surface area contributed by atoms with E-state index in [0.717, 1.165) is 12.8 Å². The maximum Gasteiger partial charge on any atom is 0.142 e. The van der Waals surface area contributed by atoms with Crippen LogP contribution in [0.25, 0.3) is 0 Å². The van der Waals surface area contributed by atoms with Gasteiger partial charge in [0, 0.05) is 11.0 Å². The van der Waals surface area contributed by atoms with Crippen molar-refractivity contribution in [2.24, 2.45) is 5.84 Å². The molecule has 1 saturated carbocycles. The summed E-state index contributed by atoms with van der Waals surface area (Å²) in [4.78, 5) is 0. The summed E-state index contributed by atoms with van der Waals surface area (Å²) < 4.78 is 14.8. The Labute approximate surface area is 126 Å². The van der Waals surface area contributed by atoms with E-state index in [2.05, 4.69) is 33.5 Å². The molecule has 20 heavy (non-hydrogen) atoms. The molecule has 0 aromatic heterocycles. The van der Waals surface area contributed by atoms with Crippen LogP contribution in [0.2, 0.25) is 0 Å². The minimum atomic E-state index is -0.238. The van der Waals surface area contributed by atoms with Gasteiger partial charge in [-0.05, 0) is 40.4 Å². The molecule has 0 radical (unpaired) electrons. The van der Waals surface area contributed by atoms with Crippen LogP contribution in [-0.4, -0.2) is 0 Å². The molecule has 2 nitrogen and oxygen atoms in total. The summed E-state index contributed by atoms with van der Waals surface area (Å²) >= 11 is 3.24. The van der Waals surface area contributed by atoms with Crippen molar-refractivity contribution in [3.05, 3.63) is 69.9 Å². The van der Waals surface area contributed by atoms with Crippen molar-refractivity contribution in [3.63, 3.8) is 0 Å². The van der Waals surface area contributed by atoms with Gasteiger partial charge in [0.2, 0.25) is 0 Å². The molecule has 0 bridgehead atoms. The van der Waals surface area contributed by atoms with Gasteiger partial charge in [-0.25, -0.2) is 4.39 Å². The molecule has 0 saturated heterocycles. The highest BCUT2D eigenvalue weighted by Gasteiger charge is 2.51. The first kappa shape index (κ1) is 13.7. The monoisotopic (exact) mass is 334 g/mol. The summed E-state index contributed by atoms with van der Waals surface area (Å²) in [5, 5.41) is 0. The van der Waals surface area contributed by atoms with Crippen LogP contribution in [0.3, 0.4) is 0 Å². The second kappa shape index (κ2) is 5.28. The lowest BCUT2D eigenvalue weighted by Crippen LogP contribution is -2.37. The fourth-order valence-electron chi connectivity index (χ4n) is 2.94. The third kappa shape index (κ3) is 2.18. The van der Waals surface area contributed by atoms with Gasteiger partial charge < -0.3 is 0 Å². The zero-order valence-corrected chi connectivity index (χ0v) is 12.5. The van der Waals surface area contributed by atoms with Gasteiger partial charge in [-0.15, -0.1) is 0 Å². The fraction of sp³-hybridized carbons (Fsp3) is 0.250. The summed E-state index contributed by atoms with van der Waals surface area (Å²) in [7, 11) is 0. The molecule has 0 amide bonds. The van der Waals surface area contributed by atoms with Crippen molar-refractivity contribution >= 4 is 15.9 Å². The molecule has 1 fully saturated rings. The Kier molecular flexibility index (Phi) is 3.63. The average molecular weight is 335 g/mol. The zero-order chi connectivity index (χ0) is 14.2. The van der Waals surface area contributed by atoms with E-state index in [0.29, 0.717) is 10.0 Å². The van der Waals surface area contributed by atoms with Crippen LogP contribution in [0.5, 0.6) is 0 Å². The van der Waals surface area contributed by atoms with Crippen molar-refractivity contribution < 1.29 is 4.39 Å². The van der Waals surface area contributed by atoms with E-state index in [1.54, 1.807) is 12.1 Å². The molecule has 3 rings (SSSR count). The molecule has 4 heteroatoms. The lowest BCUT2D eigenvalue weighted by atomic mass is 9.84. The number of nitrogens with one attached hydrogen (secondary N) is 1. The Bertz CT molecular complexity index is 611. The van der Waals surface area contributed by atoms with Gasteiger partial charge in [0.25, 0.3) is 0 Å². The Morgan fingerprint density at radius 1 is 1.10 bits per heavy atom. The molecule has 1 aliphatic rings. The number of nitrogens with two attached hydrogens (primary N) is 1. The van der Waals surface area contributed by atoms with E-state index in [4.69, 9.17) is 5.84 Å². The first-order valence-electron chi connectivity index (χ1n) is 6.64. The van der Waals surface area contributed by atoms with Crippen LogP contribution in [0, 0.1) is 5.82 Å². The summed E-state index contributed by atoms with van der Waals surface area (Å²) in [6.07, 6.45) is 2.02. The van der Waals surface area contributed by atoms with E-state index >= 15 is 0 Å². The third-order valence-electron chi connectivity index (χ3n) is 4.15. The summed E-state index contributed by atoms with van der Waals surface area (Å²) in [6, 6.07) is 15.3. The van der Waals surface area contributed by atoms with Gasteiger partial charge in [0.1, 0.15) is 5.82 Å². The molecule has 104 valence electrons. The summed E-state index contributed by atoms with van der Waals surface area (Å²) in [6.45, 7) is 0. The van der Waals surface area contributed by atoms with Gasteiger partial charge in [-0.2, -0.15) is 0 Å². The molecule has 0 spiro atoms. The predicted octanol–water partition coefficient (Wildman–Crippen LogP) is 3.82. The van der Waals surface area contributed by atoms with Gasteiger partial charge in [-0.1, -0.05) is 42.5 Å². The van der Waals surface area contributed by atoms with Crippen molar-refractivity contribution in [2.75, 3.05) is 0 Å². The van der Waals surface area contributed by atoms with Gasteiger partial charge in [0.05, 0.1) is 10.5 Å². The third-order valence-corrected chi connectivity index (χ3v) is 4.76. The normalized spacial score (nSPS) is 17.8.